The molecule has 2 aromatic rings. The lowest BCUT2D eigenvalue weighted by Gasteiger charge is -2.14. The van der Waals surface area contributed by atoms with Gasteiger partial charge < -0.3 is 14.2 Å². The van der Waals surface area contributed by atoms with Gasteiger partial charge in [-0.2, -0.15) is 0 Å². The summed E-state index contributed by atoms with van der Waals surface area (Å²) in [5, 5.41) is 0.342. The Balaban J connectivity index is 2.47. The third kappa shape index (κ3) is 4.61. The number of methoxy groups -OCH3 is 3. The highest BCUT2D eigenvalue weighted by Crippen LogP contribution is 2.35. The van der Waals surface area contributed by atoms with Crippen molar-refractivity contribution in [2.24, 2.45) is 0 Å². The largest absolute Gasteiger partial charge is 0.496 e. The molecule has 5 nitrogen and oxygen atoms in total. The van der Waals surface area contributed by atoms with Gasteiger partial charge in [-0.25, -0.2) is 30.4 Å². The van der Waals surface area contributed by atoms with Gasteiger partial charge in [0.15, 0.2) is 33.1 Å². The molecule has 0 aromatic heterocycles. The molecule has 0 atom stereocenters. The summed E-state index contributed by atoms with van der Waals surface area (Å²) in [7, 11) is -0.322. The maximum absolute atomic E-state index is 13.7. The topological polar surface area (TPSA) is 61.8 Å². The molecule has 0 amide bonds. The van der Waals surface area contributed by atoms with E-state index in [1.165, 1.54) is 33.5 Å². The van der Waals surface area contributed by atoms with E-state index in [0.29, 0.717) is 17.2 Å². The summed E-state index contributed by atoms with van der Waals surface area (Å²) in [6, 6.07) is 2.78. The van der Waals surface area contributed by atoms with Gasteiger partial charge in [-0.05, 0) is 6.08 Å². The van der Waals surface area contributed by atoms with Gasteiger partial charge >= 0.3 is 0 Å². The van der Waals surface area contributed by atoms with Crippen LogP contribution < -0.4 is 14.2 Å². The van der Waals surface area contributed by atoms with Crippen molar-refractivity contribution in [3.05, 3.63) is 57.8 Å². The van der Waals surface area contributed by atoms with Crippen molar-refractivity contribution in [3.63, 3.8) is 0 Å². The summed E-state index contributed by atoms with van der Waals surface area (Å²) in [6.45, 7) is 0. The third-order valence-electron chi connectivity index (χ3n) is 3.85. The number of halogens is 5. The van der Waals surface area contributed by atoms with Crippen LogP contribution in [-0.4, -0.2) is 29.7 Å². The fraction of sp³-hybridized carbons (Fsp3) is 0.222. The molecular formula is C18H15F5O5S. The fourth-order valence-electron chi connectivity index (χ4n) is 2.41. The molecule has 0 unspecified atom stereocenters. The minimum absolute atomic E-state index is 0.0675. The molecule has 2 rings (SSSR count). The normalized spacial score (nSPS) is 11.7. The first-order valence-electron chi connectivity index (χ1n) is 7.77. The predicted molar refractivity (Wildman–Crippen MR) is 94.0 cm³/mol. The minimum atomic E-state index is -4.24. The lowest BCUT2D eigenvalue weighted by molar-refractivity contribution is 0.370. The van der Waals surface area contributed by atoms with Crippen LogP contribution in [0.1, 0.15) is 11.1 Å². The quantitative estimate of drug-likeness (QED) is 0.372. The Labute approximate surface area is 163 Å². The van der Waals surface area contributed by atoms with Crippen LogP contribution in [0.4, 0.5) is 22.0 Å². The van der Waals surface area contributed by atoms with E-state index in [4.69, 9.17) is 14.2 Å². The number of hydrogen-bond donors (Lipinski definition) is 0. The van der Waals surface area contributed by atoms with Crippen LogP contribution >= 0.6 is 0 Å². The number of sulfone groups is 1. The first-order valence-corrected chi connectivity index (χ1v) is 9.49. The second-order valence-electron chi connectivity index (χ2n) is 5.60. The number of hydrogen-bond acceptors (Lipinski definition) is 5. The number of ether oxygens (including phenoxy) is 3. The van der Waals surface area contributed by atoms with Crippen LogP contribution in [0.15, 0.2) is 17.5 Å². The van der Waals surface area contributed by atoms with Crippen LogP contribution in [0.25, 0.3) is 6.08 Å². The van der Waals surface area contributed by atoms with Gasteiger partial charge in [-0.1, -0.05) is 0 Å². The zero-order valence-corrected chi connectivity index (χ0v) is 16.2. The lowest BCUT2D eigenvalue weighted by Crippen LogP contribution is -2.06. The Bertz CT molecular complexity index is 1010. The highest BCUT2D eigenvalue weighted by molar-refractivity contribution is 7.93. The van der Waals surface area contributed by atoms with E-state index in [9.17, 15) is 30.4 Å². The zero-order valence-electron chi connectivity index (χ0n) is 15.4. The SMILES string of the molecule is COc1cc(OC)c(CS(=O)(=O)C=Cc2c(F)c(F)c(F)c(F)c2F)c(OC)c1. The van der Waals surface area contributed by atoms with Crippen molar-refractivity contribution in [1.29, 1.82) is 0 Å². The smallest absolute Gasteiger partial charge is 0.200 e. The number of benzene rings is 2. The molecule has 0 N–H and O–H groups in total. The van der Waals surface area contributed by atoms with Crippen molar-refractivity contribution in [3.8, 4) is 17.2 Å². The summed E-state index contributed by atoms with van der Waals surface area (Å²) >= 11 is 0. The molecule has 0 aliphatic carbocycles. The van der Waals surface area contributed by atoms with Crippen LogP contribution in [0.3, 0.4) is 0 Å². The third-order valence-corrected chi connectivity index (χ3v) is 5.09. The van der Waals surface area contributed by atoms with Crippen molar-refractivity contribution in [1.82, 2.24) is 0 Å². The summed E-state index contributed by atoms with van der Waals surface area (Å²) in [6.07, 6.45) is 0.300. The lowest BCUT2D eigenvalue weighted by atomic mass is 10.1. The van der Waals surface area contributed by atoms with E-state index in [1.807, 2.05) is 0 Å². The summed E-state index contributed by atoms with van der Waals surface area (Å²) in [4.78, 5) is 0. The molecule has 29 heavy (non-hydrogen) atoms. The average molecular weight is 438 g/mol. The second kappa shape index (κ2) is 8.68. The zero-order chi connectivity index (χ0) is 21.9. The molecule has 0 saturated carbocycles. The first-order chi connectivity index (χ1) is 13.6. The molecule has 0 heterocycles. The summed E-state index contributed by atoms with van der Waals surface area (Å²) < 4.78 is 107. The molecule has 0 radical (unpaired) electrons. The molecule has 0 fully saturated rings. The molecule has 2 aromatic carbocycles. The van der Waals surface area contributed by atoms with Crippen molar-refractivity contribution in [2.45, 2.75) is 5.75 Å². The molecular weight excluding hydrogens is 423 g/mol. The highest BCUT2D eigenvalue weighted by atomic mass is 32.2. The summed E-state index contributed by atoms with van der Waals surface area (Å²) in [5.74, 6) is -11.2. The molecule has 11 heteroatoms. The van der Waals surface area contributed by atoms with Crippen molar-refractivity contribution >= 4 is 15.9 Å². The van der Waals surface area contributed by atoms with E-state index >= 15 is 0 Å². The van der Waals surface area contributed by atoms with Gasteiger partial charge in [0.25, 0.3) is 0 Å². The maximum Gasteiger partial charge on any atom is 0.200 e. The van der Waals surface area contributed by atoms with Crippen molar-refractivity contribution in [2.75, 3.05) is 21.3 Å². The monoisotopic (exact) mass is 438 g/mol. The van der Waals surface area contributed by atoms with Gasteiger partial charge in [0, 0.05) is 17.5 Å². The Morgan fingerprint density at radius 1 is 0.793 bits per heavy atom. The molecule has 0 saturated heterocycles. The average Bonchev–Trinajstić information content (AvgIpc) is 2.70. The van der Waals surface area contributed by atoms with Crippen molar-refractivity contribution < 1.29 is 44.6 Å². The van der Waals surface area contributed by atoms with Gasteiger partial charge in [0.1, 0.15) is 17.2 Å². The van der Waals surface area contributed by atoms with Crippen LogP contribution in [0, 0.1) is 29.1 Å². The van der Waals surface area contributed by atoms with E-state index in [0.717, 1.165) is 0 Å². The molecule has 0 aliphatic rings. The van der Waals surface area contributed by atoms with Gasteiger partial charge in [0.05, 0.1) is 38.2 Å². The predicted octanol–water partition coefficient (Wildman–Crippen LogP) is 3.99. The number of rotatable bonds is 7. The fourth-order valence-corrected chi connectivity index (χ4v) is 3.54. The molecule has 0 aliphatic heterocycles. The Kier molecular flexibility index (Phi) is 6.73. The highest BCUT2D eigenvalue weighted by Gasteiger charge is 2.25. The minimum Gasteiger partial charge on any atom is -0.496 e. The van der Waals surface area contributed by atoms with E-state index in [-0.39, 0.29) is 17.1 Å². The van der Waals surface area contributed by atoms with E-state index in [2.05, 4.69) is 0 Å². The Hall–Kier alpha value is -2.82. The van der Waals surface area contributed by atoms with Crippen LogP contribution in [0.5, 0.6) is 17.2 Å². The van der Waals surface area contributed by atoms with Gasteiger partial charge in [-0.15, -0.1) is 0 Å². The Morgan fingerprint density at radius 3 is 1.66 bits per heavy atom. The second-order valence-corrected chi connectivity index (χ2v) is 7.49. The molecule has 0 bridgehead atoms. The Morgan fingerprint density at radius 2 is 1.24 bits per heavy atom. The maximum atomic E-state index is 13.7. The van der Waals surface area contributed by atoms with E-state index in [1.54, 1.807) is 0 Å². The molecule has 0 spiro atoms. The van der Waals surface area contributed by atoms with Gasteiger partial charge in [-0.3, -0.25) is 0 Å². The van der Waals surface area contributed by atoms with Gasteiger partial charge in [0.2, 0.25) is 5.82 Å². The van der Waals surface area contributed by atoms with E-state index < -0.39 is 50.2 Å². The van der Waals surface area contributed by atoms with Crippen LogP contribution in [-0.2, 0) is 15.6 Å². The standard InChI is InChI=1S/C18H15F5O5S/c1-26-9-6-12(27-2)11(13(7-9)28-3)8-29(24,25)5-4-10-14(19)16(21)18(23)17(22)15(10)20/h4-7H,8H2,1-3H3. The van der Waals surface area contributed by atoms with Crippen LogP contribution in [0.2, 0.25) is 0 Å². The summed E-state index contributed by atoms with van der Waals surface area (Å²) in [5.41, 5.74) is -1.31. The molecule has 158 valence electrons. The first kappa shape index (κ1) is 22.5.